The summed E-state index contributed by atoms with van der Waals surface area (Å²) in [6, 6.07) is 0.229. The van der Waals surface area contributed by atoms with Gasteiger partial charge in [0.25, 0.3) is 11.8 Å². The molecule has 130 valence electrons. The minimum absolute atomic E-state index is 0.00415. The molecule has 24 heavy (non-hydrogen) atoms. The monoisotopic (exact) mass is 340 g/mol. The number of aromatic nitrogens is 1. The van der Waals surface area contributed by atoms with E-state index in [0.717, 1.165) is 6.07 Å². The normalized spacial score (nSPS) is 20.6. The summed E-state index contributed by atoms with van der Waals surface area (Å²) >= 11 is 0. The van der Waals surface area contributed by atoms with Crippen LogP contribution in [0.15, 0.2) is 6.07 Å². The van der Waals surface area contributed by atoms with Gasteiger partial charge in [-0.15, -0.1) is 0 Å². The summed E-state index contributed by atoms with van der Waals surface area (Å²) in [7, 11) is 0. The molecule has 1 saturated heterocycles. The van der Waals surface area contributed by atoms with Crippen LogP contribution in [0.2, 0.25) is 0 Å². The average molecular weight is 340 g/mol. The van der Waals surface area contributed by atoms with Gasteiger partial charge in [0.2, 0.25) is 0 Å². The molecule has 1 fully saturated rings. The molecule has 1 aliphatic heterocycles. The third-order valence-corrected chi connectivity index (χ3v) is 4.52. The zero-order valence-electron chi connectivity index (χ0n) is 13.4. The fraction of sp³-hybridized carbons (Fsp3) is 0.438. The second-order valence-corrected chi connectivity index (χ2v) is 6.44. The van der Waals surface area contributed by atoms with Crippen molar-refractivity contribution < 1.29 is 18.0 Å². The number of nitrogens with two attached hydrogens (primary N) is 2. The molecule has 1 atom stereocenters. The van der Waals surface area contributed by atoms with Crippen molar-refractivity contribution in [3.05, 3.63) is 28.7 Å². The SMILES string of the molecule is Cc1[nH]c2c(C(N)=O)cc(F)c(N3C[C@@H](N)CC(F)(F)C3)c2c1C. The number of fused-ring (bicyclic) bond motifs is 1. The van der Waals surface area contributed by atoms with Crippen molar-refractivity contribution in [3.8, 4) is 0 Å². The molecule has 3 rings (SSSR count). The highest BCUT2D eigenvalue weighted by Crippen LogP contribution is 2.39. The first-order chi connectivity index (χ1) is 11.1. The van der Waals surface area contributed by atoms with Crippen molar-refractivity contribution in [1.82, 2.24) is 4.98 Å². The van der Waals surface area contributed by atoms with E-state index in [9.17, 15) is 18.0 Å². The van der Waals surface area contributed by atoms with Crippen LogP contribution < -0.4 is 16.4 Å². The van der Waals surface area contributed by atoms with Gasteiger partial charge in [0.15, 0.2) is 0 Å². The summed E-state index contributed by atoms with van der Waals surface area (Å²) in [4.78, 5) is 15.9. The molecule has 8 heteroatoms. The number of aromatic amines is 1. The number of halogens is 3. The predicted octanol–water partition coefficient (Wildman–Crippen LogP) is 2.20. The average Bonchev–Trinajstić information content (AvgIpc) is 2.72. The van der Waals surface area contributed by atoms with Crippen molar-refractivity contribution in [2.24, 2.45) is 11.5 Å². The zero-order chi connectivity index (χ0) is 17.8. The van der Waals surface area contributed by atoms with E-state index in [0.29, 0.717) is 22.2 Å². The maximum atomic E-state index is 14.7. The molecule has 0 bridgehead atoms. The number of primary amides is 1. The summed E-state index contributed by atoms with van der Waals surface area (Å²) in [6.45, 7) is 3.00. The number of H-pyrrole nitrogens is 1. The molecule has 5 N–H and O–H groups in total. The third kappa shape index (κ3) is 2.60. The molecule has 0 saturated carbocycles. The minimum Gasteiger partial charge on any atom is -0.366 e. The third-order valence-electron chi connectivity index (χ3n) is 4.52. The molecular weight excluding hydrogens is 321 g/mol. The number of benzene rings is 1. The van der Waals surface area contributed by atoms with E-state index in [1.54, 1.807) is 13.8 Å². The number of nitrogens with one attached hydrogen (secondary N) is 1. The maximum Gasteiger partial charge on any atom is 0.266 e. The van der Waals surface area contributed by atoms with Crippen molar-refractivity contribution in [3.63, 3.8) is 0 Å². The summed E-state index contributed by atoms with van der Waals surface area (Å²) < 4.78 is 42.6. The summed E-state index contributed by atoms with van der Waals surface area (Å²) in [5.74, 6) is -4.55. The van der Waals surface area contributed by atoms with E-state index in [4.69, 9.17) is 11.5 Å². The Morgan fingerprint density at radius 2 is 2.08 bits per heavy atom. The van der Waals surface area contributed by atoms with Crippen LogP contribution in [0.25, 0.3) is 10.9 Å². The van der Waals surface area contributed by atoms with E-state index in [2.05, 4.69) is 4.98 Å². The highest BCUT2D eigenvalue weighted by atomic mass is 19.3. The maximum absolute atomic E-state index is 14.7. The number of piperidine rings is 1. The fourth-order valence-corrected chi connectivity index (χ4v) is 3.42. The van der Waals surface area contributed by atoms with Crippen LogP contribution in [0.3, 0.4) is 0 Å². The number of amides is 1. The molecule has 0 spiro atoms. The van der Waals surface area contributed by atoms with E-state index in [-0.39, 0.29) is 17.8 Å². The first-order valence-electron chi connectivity index (χ1n) is 7.60. The van der Waals surface area contributed by atoms with Gasteiger partial charge < -0.3 is 21.4 Å². The molecule has 5 nitrogen and oxygen atoms in total. The van der Waals surface area contributed by atoms with E-state index >= 15 is 0 Å². The number of carbonyl (C=O) groups is 1. The summed E-state index contributed by atoms with van der Waals surface area (Å²) in [5.41, 5.74) is 12.8. The number of nitrogens with zero attached hydrogens (tertiary/aromatic N) is 1. The highest BCUT2D eigenvalue weighted by Gasteiger charge is 2.40. The Morgan fingerprint density at radius 1 is 1.42 bits per heavy atom. The van der Waals surface area contributed by atoms with Crippen LogP contribution in [0, 0.1) is 19.7 Å². The molecule has 0 unspecified atom stereocenters. The number of rotatable bonds is 2. The van der Waals surface area contributed by atoms with Gasteiger partial charge in [0.05, 0.1) is 23.3 Å². The topological polar surface area (TPSA) is 88.1 Å². The van der Waals surface area contributed by atoms with Crippen molar-refractivity contribution in [1.29, 1.82) is 0 Å². The van der Waals surface area contributed by atoms with E-state index in [1.165, 1.54) is 4.90 Å². The van der Waals surface area contributed by atoms with Crippen molar-refractivity contribution in [2.75, 3.05) is 18.0 Å². The molecule has 0 radical (unpaired) electrons. The van der Waals surface area contributed by atoms with Crippen LogP contribution >= 0.6 is 0 Å². The van der Waals surface area contributed by atoms with Gasteiger partial charge in [-0.3, -0.25) is 4.79 Å². The molecule has 1 amide bonds. The lowest BCUT2D eigenvalue weighted by Gasteiger charge is -2.38. The van der Waals surface area contributed by atoms with E-state index in [1.807, 2.05) is 0 Å². The molecule has 0 aliphatic carbocycles. The van der Waals surface area contributed by atoms with Crippen LogP contribution in [-0.2, 0) is 0 Å². The second kappa shape index (κ2) is 5.41. The largest absolute Gasteiger partial charge is 0.366 e. The number of hydrogen-bond acceptors (Lipinski definition) is 3. The lowest BCUT2D eigenvalue weighted by molar-refractivity contribution is -0.0172. The lowest BCUT2D eigenvalue weighted by Crippen LogP contribution is -2.52. The molecule has 1 aromatic carbocycles. The van der Waals surface area contributed by atoms with Crippen molar-refractivity contribution >= 4 is 22.5 Å². The second-order valence-electron chi connectivity index (χ2n) is 6.44. The first-order valence-corrected chi connectivity index (χ1v) is 7.60. The summed E-state index contributed by atoms with van der Waals surface area (Å²) in [6.07, 6.45) is -0.432. The lowest BCUT2D eigenvalue weighted by atomic mass is 9.99. The van der Waals surface area contributed by atoms with Crippen LogP contribution in [0.1, 0.15) is 28.0 Å². The molecule has 2 aromatic rings. The quantitative estimate of drug-likeness (QED) is 0.783. The van der Waals surface area contributed by atoms with Crippen LogP contribution in [-0.4, -0.2) is 35.9 Å². The Hall–Kier alpha value is -2.22. The smallest absolute Gasteiger partial charge is 0.266 e. The number of hydrogen-bond donors (Lipinski definition) is 3. The summed E-state index contributed by atoms with van der Waals surface area (Å²) in [5, 5.41) is 0.395. The Bertz CT molecular complexity index is 831. The Morgan fingerprint density at radius 3 is 2.67 bits per heavy atom. The first kappa shape index (κ1) is 16.6. The molecule has 1 aliphatic rings. The van der Waals surface area contributed by atoms with Gasteiger partial charge in [-0.1, -0.05) is 0 Å². The zero-order valence-corrected chi connectivity index (χ0v) is 13.4. The Kier molecular flexibility index (Phi) is 3.75. The Labute approximate surface area is 136 Å². The van der Waals surface area contributed by atoms with Crippen molar-refractivity contribution in [2.45, 2.75) is 32.2 Å². The molecule has 1 aromatic heterocycles. The minimum atomic E-state index is -3.00. The van der Waals surface area contributed by atoms with Gasteiger partial charge in [0.1, 0.15) is 5.82 Å². The van der Waals surface area contributed by atoms with Crippen LogP contribution in [0.5, 0.6) is 0 Å². The van der Waals surface area contributed by atoms with Gasteiger partial charge in [-0.05, 0) is 25.5 Å². The molecule has 2 heterocycles. The fourth-order valence-electron chi connectivity index (χ4n) is 3.42. The number of anilines is 1. The Balaban J connectivity index is 2.27. The van der Waals surface area contributed by atoms with Gasteiger partial charge in [0, 0.05) is 30.1 Å². The standard InChI is InChI=1S/C16H19F3N4O/c1-7-8(2)22-13-10(15(21)24)3-11(17)14(12(7)13)23-5-9(20)4-16(18,19)6-23/h3,9,22H,4-6,20H2,1-2H3,(H2,21,24)/t9-/m0/s1. The number of alkyl halides is 2. The molecular formula is C16H19F3N4O. The van der Waals surface area contributed by atoms with Crippen LogP contribution in [0.4, 0.5) is 18.9 Å². The highest BCUT2D eigenvalue weighted by molar-refractivity contribution is 6.10. The van der Waals surface area contributed by atoms with Gasteiger partial charge >= 0.3 is 0 Å². The number of aryl methyl sites for hydroxylation is 2. The van der Waals surface area contributed by atoms with Gasteiger partial charge in [-0.2, -0.15) is 0 Å². The van der Waals surface area contributed by atoms with E-state index < -0.39 is 36.7 Å². The predicted molar refractivity (Wildman–Crippen MR) is 86.0 cm³/mol. The van der Waals surface area contributed by atoms with Gasteiger partial charge in [-0.25, -0.2) is 13.2 Å². The number of carbonyl (C=O) groups excluding carboxylic acids is 1.